The topological polar surface area (TPSA) is 67.6 Å². The molecule has 1 N–H and O–H groups in total. The second kappa shape index (κ2) is 7.28. The molecule has 0 amide bonds. The Balaban J connectivity index is 2.52. The molecule has 2 aromatic rings. The van der Waals surface area contributed by atoms with Gasteiger partial charge in [-0.2, -0.15) is 5.10 Å². The number of hydrogen-bond acceptors (Lipinski definition) is 4. The average molecular weight is 317 g/mol. The smallest absolute Gasteiger partial charge is 0.325 e. The van der Waals surface area contributed by atoms with Crippen LogP contribution < -0.4 is 4.74 Å². The van der Waals surface area contributed by atoms with Crippen LogP contribution in [0.25, 0.3) is 5.69 Å². The summed E-state index contributed by atoms with van der Waals surface area (Å²) < 4.78 is 6.93. The molecule has 0 saturated heterocycles. The molecule has 0 spiro atoms. The van der Waals surface area contributed by atoms with Crippen molar-refractivity contribution < 1.29 is 14.6 Å². The van der Waals surface area contributed by atoms with E-state index in [-0.39, 0.29) is 0 Å². The maximum absolute atomic E-state index is 11.9. The minimum absolute atomic E-state index is 0.369. The van der Waals surface area contributed by atoms with E-state index in [0.717, 1.165) is 0 Å². The number of hydrogen-bond donors (Lipinski definition) is 1. The van der Waals surface area contributed by atoms with Gasteiger partial charge in [0.05, 0.1) is 12.8 Å². The Bertz CT molecular complexity index is 653. The Morgan fingerprint density at radius 3 is 2.70 bits per heavy atom. The monoisotopic (exact) mass is 317 g/mol. The minimum Gasteiger partial charge on any atom is -0.497 e. The number of carboxylic acid groups (broad SMARTS) is 1. The fourth-order valence-electron chi connectivity index (χ4n) is 2.73. The average Bonchev–Trinajstić information content (AvgIpc) is 3.00. The number of benzene rings is 1. The van der Waals surface area contributed by atoms with E-state index in [1.54, 1.807) is 42.4 Å². The van der Waals surface area contributed by atoms with Crippen molar-refractivity contribution >= 4 is 5.97 Å². The summed E-state index contributed by atoms with van der Waals surface area (Å²) in [6.07, 6.45) is 3.45. The van der Waals surface area contributed by atoms with Gasteiger partial charge in [0.15, 0.2) is 0 Å². The molecule has 0 unspecified atom stereocenters. The van der Waals surface area contributed by atoms with Crippen LogP contribution in [0.5, 0.6) is 5.75 Å². The van der Waals surface area contributed by atoms with Gasteiger partial charge in [0.2, 0.25) is 0 Å². The number of likely N-dealkylation sites (N-methyl/N-ethyl adjacent to an activating group) is 1. The zero-order valence-electron chi connectivity index (χ0n) is 13.9. The molecule has 0 aliphatic heterocycles. The van der Waals surface area contributed by atoms with E-state index >= 15 is 0 Å². The second-order valence-electron chi connectivity index (χ2n) is 5.95. The molecular weight excluding hydrogens is 294 g/mol. The standard InChI is InChI=1S/C17H23N3O3/c1-12(2)11-19(3)16(17(21)22)14-7-6-13(23-4)10-15(14)20-9-5-8-18-20/h5-10,12,16H,11H2,1-4H3,(H,21,22)/t16-/m0/s1. The summed E-state index contributed by atoms with van der Waals surface area (Å²) in [6, 6.07) is 6.44. The summed E-state index contributed by atoms with van der Waals surface area (Å²) in [4.78, 5) is 13.7. The van der Waals surface area contributed by atoms with E-state index in [2.05, 4.69) is 18.9 Å². The number of carbonyl (C=O) groups is 1. The Kier molecular flexibility index (Phi) is 5.39. The highest BCUT2D eigenvalue weighted by Gasteiger charge is 2.28. The highest BCUT2D eigenvalue weighted by molar-refractivity contribution is 5.77. The van der Waals surface area contributed by atoms with Crippen LogP contribution in [0, 0.1) is 5.92 Å². The third-order valence-corrected chi connectivity index (χ3v) is 3.61. The van der Waals surface area contributed by atoms with Crippen molar-refractivity contribution in [2.45, 2.75) is 19.9 Å². The van der Waals surface area contributed by atoms with Crippen LogP contribution in [0.3, 0.4) is 0 Å². The number of carboxylic acids is 1. The molecule has 1 atom stereocenters. The Labute approximate surface area is 136 Å². The number of nitrogens with zero attached hydrogens (tertiary/aromatic N) is 3. The van der Waals surface area contributed by atoms with Crippen molar-refractivity contribution in [2.24, 2.45) is 5.92 Å². The van der Waals surface area contributed by atoms with Gasteiger partial charge in [-0.15, -0.1) is 0 Å². The Morgan fingerprint density at radius 2 is 2.17 bits per heavy atom. The molecule has 0 aliphatic carbocycles. The SMILES string of the molecule is COc1ccc([C@@H](C(=O)O)N(C)CC(C)C)c(-n2cccn2)c1. The van der Waals surface area contributed by atoms with Crippen molar-refractivity contribution in [1.29, 1.82) is 0 Å². The van der Waals surface area contributed by atoms with E-state index < -0.39 is 12.0 Å². The minimum atomic E-state index is -0.883. The van der Waals surface area contributed by atoms with E-state index in [1.807, 2.05) is 18.0 Å². The van der Waals surface area contributed by atoms with Crippen LogP contribution in [0.4, 0.5) is 0 Å². The maximum atomic E-state index is 11.9. The van der Waals surface area contributed by atoms with Gasteiger partial charge in [0.1, 0.15) is 11.8 Å². The molecule has 6 heteroatoms. The van der Waals surface area contributed by atoms with E-state index in [9.17, 15) is 9.90 Å². The third kappa shape index (κ3) is 3.90. The first-order valence-electron chi connectivity index (χ1n) is 7.55. The van der Waals surface area contributed by atoms with Crippen LogP contribution >= 0.6 is 0 Å². The lowest BCUT2D eigenvalue weighted by Crippen LogP contribution is -2.34. The van der Waals surface area contributed by atoms with E-state index in [0.29, 0.717) is 29.5 Å². The van der Waals surface area contributed by atoms with Crippen molar-refractivity contribution in [2.75, 3.05) is 20.7 Å². The first kappa shape index (κ1) is 17.0. The van der Waals surface area contributed by atoms with E-state index in [1.165, 1.54) is 0 Å². The summed E-state index contributed by atoms with van der Waals surface area (Å²) >= 11 is 0. The summed E-state index contributed by atoms with van der Waals surface area (Å²) in [6.45, 7) is 4.82. The zero-order chi connectivity index (χ0) is 17.0. The first-order valence-corrected chi connectivity index (χ1v) is 7.55. The third-order valence-electron chi connectivity index (χ3n) is 3.61. The lowest BCUT2D eigenvalue weighted by Gasteiger charge is -2.28. The quantitative estimate of drug-likeness (QED) is 0.850. The van der Waals surface area contributed by atoms with Crippen LogP contribution in [0.2, 0.25) is 0 Å². The summed E-state index contributed by atoms with van der Waals surface area (Å²) in [5.41, 5.74) is 1.39. The normalized spacial score (nSPS) is 12.6. The van der Waals surface area contributed by atoms with Gasteiger partial charge >= 0.3 is 5.97 Å². The highest BCUT2D eigenvalue weighted by atomic mass is 16.5. The van der Waals surface area contributed by atoms with Crippen molar-refractivity contribution in [3.8, 4) is 11.4 Å². The number of rotatable bonds is 7. The number of ether oxygens (including phenoxy) is 1. The molecule has 1 aromatic carbocycles. The molecule has 2 rings (SSSR count). The number of aromatic nitrogens is 2. The Morgan fingerprint density at radius 1 is 1.43 bits per heavy atom. The highest BCUT2D eigenvalue weighted by Crippen LogP contribution is 2.29. The molecule has 1 heterocycles. The van der Waals surface area contributed by atoms with Gasteiger partial charge in [-0.05, 0) is 25.1 Å². The Hall–Kier alpha value is -2.34. The van der Waals surface area contributed by atoms with Crippen molar-refractivity contribution in [1.82, 2.24) is 14.7 Å². The fraction of sp³-hybridized carbons (Fsp3) is 0.412. The maximum Gasteiger partial charge on any atom is 0.325 e. The fourth-order valence-corrected chi connectivity index (χ4v) is 2.73. The molecule has 1 aromatic heterocycles. The second-order valence-corrected chi connectivity index (χ2v) is 5.95. The molecule has 0 aliphatic rings. The van der Waals surface area contributed by atoms with Gasteiger partial charge < -0.3 is 9.84 Å². The number of methoxy groups -OCH3 is 1. The largest absolute Gasteiger partial charge is 0.497 e. The van der Waals surface area contributed by atoms with Gasteiger partial charge in [-0.3, -0.25) is 9.69 Å². The summed E-state index contributed by atoms with van der Waals surface area (Å²) in [7, 11) is 3.41. The van der Waals surface area contributed by atoms with Gasteiger partial charge in [-0.1, -0.05) is 19.9 Å². The predicted molar refractivity (Wildman–Crippen MR) is 88.0 cm³/mol. The van der Waals surface area contributed by atoms with Gasteiger partial charge in [0.25, 0.3) is 0 Å². The van der Waals surface area contributed by atoms with Crippen molar-refractivity contribution in [3.63, 3.8) is 0 Å². The number of aliphatic carboxylic acids is 1. The molecule has 0 fully saturated rings. The molecule has 124 valence electrons. The first-order chi connectivity index (χ1) is 10.9. The van der Waals surface area contributed by atoms with Crippen LogP contribution in [0.1, 0.15) is 25.5 Å². The van der Waals surface area contributed by atoms with Crippen LogP contribution in [-0.2, 0) is 4.79 Å². The molecule has 0 saturated carbocycles. The lowest BCUT2D eigenvalue weighted by molar-refractivity contribution is -0.143. The van der Waals surface area contributed by atoms with Gasteiger partial charge in [0, 0.05) is 30.6 Å². The van der Waals surface area contributed by atoms with Gasteiger partial charge in [-0.25, -0.2) is 4.68 Å². The summed E-state index contributed by atoms with van der Waals surface area (Å²) in [5.74, 6) is 0.148. The predicted octanol–water partition coefficient (Wildman–Crippen LogP) is 2.59. The van der Waals surface area contributed by atoms with Crippen molar-refractivity contribution in [3.05, 3.63) is 42.2 Å². The van der Waals surface area contributed by atoms with E-state index in [4.69, 9.17) is 4.74 Å². The molecule has 0 bridgehead atoms. The van der Waals surface area contributed by atoms with Crippen LogP contribution in [0.15, 0.2) is 36.7 Å². The lowest BCUT2D eigenvalue weighted by atomic mass is 10.0. The summed E-state index contributed by atoms with van der Waals surface area (Å²) in [5, 5.41) is 14.0. The molecule has 0 radical (unpaired) electrons. The molecule has 6 nitrogen and oxygen atoms in total. The molecular formula is C17H23N3O3. The van der Waals surface area contributed by atoms with Crippen LogP contribution in [-0.4, -0.2) is 46.5 Å². The molecule has 23 heavy (non-hydrogen) atoms. The zero-order valence-corrected chi connectivity index (χ0v) is 13.9.